The quantitative estimate of drug-likeness (QED) is 0.814. The average molecular weight is 245 g/mol. The lowest BCUT2D eigenvalue weighted by Gasteiger charge is -2.03. The van der Waals surface area contributed by atoms with Crippen molar-refractivity contribution in [2.24, 2.45) is 0 Å². The van der Waals surface area contributed by atoms with Crippen molar-refractivity contribution in [3.63, 3.8) is 0 Å². The van der Waals surface area contributed by atoms with E-state index in [1.807, 2.05) is 24.3 Å². The molecule has 2 rings (SSSR count). The van der Waals surface area contributed by atoms with Crippen molar-refractivity contribution >= 4 is 12.0 Å². The van der Waals surface area contributed by atoms with E-state index in [1.54, 1.807) is 0 Å². The number of benzene rings is 1. The Kier molecular flexibility index (Phi) is 4.53. The molecule has 1 aromatic carbocycles. The molecule has 0 radical (unpaired) electrons. The number of hydrogen-bond acceptors (Lipinski definition) is 3. The van der Waals surface area contributed by atoms with E-state index in [1.165, 1.54) is 19.1 Å². The highest BCUT2D eigenvalue weighted by Crippen LogP contribution is 2.17. The summed E-state index contributed by atoms with van der Waals surface area (Å²) in [5.74, 6) is -0.284. The first kappa shape index (κ1) is 12.8. The Morgan fingerprint density at radius 2 is 2.00 bits per heavy atom. The summed E-state index contributed by atoms with van der Waals surface area (Å²) in [4.78, 5) is 11.3. The molecule has 3 nitrogen and oxygen atoms in total. The number of esters is 1. The minimum Gasteiger partial charge on any atom is -0.465 e. The zero-order valence-corrected chi connectivity index (χ0v) is 10.7. The van der Waals surface area contributed by atoms with Crippen LogP contribution in [-0.2, 0) is 4.74 Å². The maximum absolute atomic E-state index is 11.3. The van der Waals surface area contributed by atoms with E-state index < -0.39 is 0 Å². The van der Waals surface area contributed by atoms with Crippen LogP contribution in [0.1, 0.15) is 35.2 Å². The number of rotatable bonds is 2. The molecule has 1 saturated heterocycles. The van der Waals surface area contributed by atoms with Gasteiger partial charge in [-0.2, -0.15) is 0 Å². The fourth-order valence-corrected chi connectivity index (χ4v) is 2.15. The van der Waals surface area contributed by atoms with Crippen LogP contribution in [0.3, 0.4) is 0 Å². The van der Waals surface area contributed by atoms with Crippen molar-refractivity contribution in [1.29, 1.82) is 0 Å². The molecule has 96 valence electrons. The number of carbonyl (C=O) groups excluding carboxylic acids is 1. The molecule has 18 heavy (non-hydrogen) atoms. The topological polar surface area (TPSA) is 38.3 Å². The highest BCUT2D eigenvalue weighted by molar-refractivity contribution is 5.89. The lowest BCUT2D eigenvalue weighted by molar-refractivity contribution is 0.0601. The highest BCUT2D eigenvalue weighted by Gasteiger charge is 2.05. The van der Waals surface area contributed by atoms with Crippen LogP contribution in [0.15, 0.2) is 29.8 Å². The van der Waals surface area contributed by atoms with E-state index in [4.69, 9.17) is 0 Å². The third kappa shape index (κ3) is 3.44. The van der Waals surface area contributed by atoms with E-state index in [0.717, 1.165) is 31.5 Å². The Hall–Kier alpha value is -1.61. The van der Waals surface area contributed by atoms with E-state index in [2.05, 4.69) is 16.1 Å². The molecule has 0 unspecified atom stereocenters. The molecule has 0 aromatic heterocycles. The van der Waals surface area contributed by atoms with Gasteiger partial charge in [0, 0.05) is 0 Å². The molecule has 1 aromatic rings. The zero-order chi connectivity index (χ0) is 12.8. The van der Waals surface area contributed by atoms with Crippen molar-refractivity contribution < 1.29 is 9.53 Å². The Bertz CT molecular complexity index is 424. The summed E-state index contributed by atoms with van der Waals surface area (Å²) in [5.41, 5.74) is 3.23. The summed E-state index contributed by atoms with van der Waals surface area (Å²) < 4.78 is 4.68. The van der Waals surface area contributed by atoms with Crippen LogP contribution in [0.25, 0.3) is 6.08 Å². The number of carbonyl (C=O) groups is 1. The molecule has 0 saturated carbocycles. The molecule has 3 heteroatoms. The average Bonchev–Trinajstić information content (AvgIpc) is 2.67. The third-order valence-corrected chi connectivity index (χ3v) is 3.18. The van der Waals surface area contributed by atoms with Crippen LogP contribution in [0, 0.1) is 0 Å². The molecule has 0 atom stereocenters. The van der Waals surface area contributed by atoms with Gasteiger partial charge in [0.1, 0.15) is 0 Å². The summed E-state index contributed by atoms with van der Waals surface area (Å²) in [6.45, 7) is 2.17. The van der Waals surface area contributed by atoms with Crippen LogP contribution >= 0.6 is 0 Å². The van der Waals surface area contributed by atoms with Crippen molar-refractivity contribution in [1.82, 2.24) is 5.32 Å². The normalized spacial score (nSPS) is 18.4. The molecule has 0 spiro atoms. The van der Waals surface area contributed by atoms with Crippen LogP contribution in [-0.4, -0.2) is 26.2 Å². The van der Waals surface area contributed by atoms with Crippen molar-refractivity contribution in [3.8, 4) is 0 Å². The molecular weight excluding hydrogens is 226 g/mol. The van der Waals surface area contributed by atoms with Gasteiger partial charge in [-0.15, -0.1) is 0 Å². The maximum atomic E-state index is 11.3. The smallest absolute Gasteiger partial charge is 0.337 e. The Balaban J connectivity index is 2.09. The van der Waals surface area contributed by atoms with Gasteiger partial charge >= 0.3 is 5.97 Å². The van der Waals surface area contributed by atoms with Gasteiger partial charge in [0.25, 0.3) is 0 Å². The minimum absolute atomic E-state index is 0.284. The molecule has 0 aliphatic carbocycles. The van der Waals surface area contributed by atoms with Crippen molar-refractivity contribution in [2.45, 2.75) is 19.3 Å². The summed E-state index contributed by atoms with van der Waals surface area (Å²) in [6, 6.07) is 7.56. The molecule has 1 aliphatic rings. The predicted octanol–water partition coefficient (Wildman–Crippen LogP) is 2.63. The van der Waals surface area contributed by atoms with Gasteiger partial charge in [0.05, 0.1) is 12.7 Å². The van der Waals surface area contributed by atoms with Crippen LogP contribution in [0.4, 0.5) is 0 Å². The highest BCUT2D eigenvalue weighted by atomic mass is 16.5. The van der Waals surface area contributed by atoms with Gasteiger partial charge in [-0.1, -0.05) is 23.8 Å². The predicted molar refractivity (Wildman–Crippen MR) is 72.5 cm³/mol. The fraction of sp³-hybridized carbons (Fsp3) is 0.400. The van der Waals surface area contributed by atoms with Crippen LogP contribution < -0.4 is 5.32 Å². The number of nitrogens with one attached hydrogen (secondary N) is 1. The molecule has 0 bridgehead atoms. The molecule has 1 fully saturated rings. The lowest BCUT2D eigenvalue weighted by Crippen LogP contribution is -2.13. The van der Waals surface area contributed by atoms with Gasteiger partial charge in [-0.25, -0.2) is 4.79 Å². The number of ether oxygens (including phenoxy) is 1. The second kappa shape index (κ2) is 6.36. The van der Waals surface area contributed by atoms with Gasteiger partial charge in [0.15, 0.2) is 0 Å². The minimum atomic E-state index is -0.284. The van der Waals surface area contributed by atoms with E-state index in [-0.39, 0.29) is 5.97 Å². The molecule has 1 aliphatic heterocycles. The lowest BCUT2D eigenvalue weighted by atomic mass is 10.0. The monoisotopic (exact) mass is 245 g/mol. The number of hydrogen-bond donors (Lipinski definition) is 1. The first-order chi connectivity index (χ1) is 8.79. The standard InChI is InChI=1S/C15H19NO2/c1-18-15(17)14-6-4-13(5-7-14)11-12-3-2-9-16-10-8-12/h4-7,11,16H,2-3,8-10H2,1H3/b12-11+. The Morgan fingerprint density at radius 1 is 1.22 bits per heavy atom. The van der Waals surface area contributed by atoms with E-state index >= 15 is 0 Å². The van der Waals surface area contributed by atoms with Gasteiger partial charge in [-0.3, -0.25) is 0 Å². The van der Waals surface area contributed by atoms with Crippen LogP contribution in [0.5, 0.6) is 0 Å². The van der Waals surface area contributed by atoms with Crippen molar-refractivity contribution in [2.75, 3.05) is 20.2 Å². The zero-order valence-electron chi connectivity index (χ0n) is 10.7. The van der Waals surface area contributed by atoms with E-state index in [9.17, 15) is 4.79 Å². The second-order valence-electron chi connectivity index (χ2n) is 4.52. The largest absolute Gasteiger partial charge is 0.465 e. The second-order valence-corrected chi connectivity index (χ2v) is 4.52. The van der Waals surface area contributed by atoms with Gasteiger partial charge < -0.3 is 10.1 Å². The van der Waals surface area contributed by atoms with Gasteiger partial charge in [0.2, 0.25) is 0 Å². The molecule has 1 heterocycles. The van der Waals surface area contributed by atoms with E-state index in [0.29, 0.717) is 5.56 Å². The SMILES string of the molecule is COC(=O)c1ccc(/C=C2\CCCNCC2)cc1. The summed E-state index contributed by atoms with van der Waals surface area (Å²) in [7, 11) is 1.40. The summed E-state index contributed by atoms with van der Waals surface area (Å²) >= 11 is 0. The van der Waals surface area contributed by atoms with Crippen LogP contribution in [0.2, 0.25) is 0 Å². The first-order valence-electron chi connectivity index (χ1n) is 6.38. The maximum Gasteiger partial charge on any atom is 0.337 e. The third-order valence-electron chi connectivity index (χ3n) is 3.18. The molecule has 1 N–H and O–H groups in total. The fourth-order valence-electron chi connectivity index (χ4n) is 2.15. The Labute approximate surface area is 108 Å². The Morgan fingerprint density at radius 3 is 2.72 bits per heavy atom. The summed E-state index contributed by atoms with van der Waals surface area (Å²) in [6.07, 6.45) is 5.70. The summed E-state index contributed by atoms with van der Waals surface area (Å²) in [5, 5.41) is 3.39. The number of methoxy groups -OCH3 is 1. The van der Waals surface area contributed by atoms with Gasteiger partial charge in [-0.05, 0) is 50.0 Å². The first-order valence-corrected chi connectivity index (χ1v) is 6.38. The molecule has 0 amide bonds. The molecular formula is C15H19NO2. The van der Waals surface area contributed by atoms with Crippen molar-refractivity contribution in [3.05, 3.63) is 41.0 Å².